The molecule has 2 fully saturated rings. The summed E-state index contributed by atoms with van der Waals surface area (Å²) in [5.41, 5.74) is 2.30. The molecular formula is C22H27N3O4S. The lowest BCUT2D eigenvalue weighted by Crippen LogP contribution is -2.40. The molecule has 0 unspecified atom stereocenters. The van der Waals surface area contributed by atoms with E-state index in [9.17, 15) is 13.2 Å². The number of hydrogen-bond donors (Lipinski definition) is 1. The van der Waals surface area contributed by atoms with Gasteiger partial charge in [-0.1, -0.05) is 0 Å². The van der Waals surface area contributed by atoms with Crippen LogP contribution in [-0.2, 0) is 14.8 Å². The van der Waals surface area contributed by atoms with E-state index in [1.54, 1.807) is 12.1 Å². The molecule has 0 saturated carbocycles. The van der Waals surface area contributed by atoms with Crippen molar-refractivity contribution in [3.8, 4) is 0 Å². The summed E-state index contributed by atoms with van der Waals surface area (Å²) in [6, 6.07) is 13.9. The van der Waals surface area contributed by atoms with Crippen molar-refractivity contribution in [3.05, 3.63) is 54.1 Å². The summed E-state index contributed by atoms with van der Waals surface area (Å²) in [6.45, 7) is 3.64. The largest absolute Gasteiger partial charge is 0.379 e. The van der Waals surface area contributed by atoms with Gasteiger partial charge in [0.25, 0.3) is 5.91 Å². The topological polar surface area (TPSA) is 79.0 Å². The molecule has 0 radical (unpaired) electrons. The standard InChI is InChI=1S/C22H27N3O4S/c26-22(23-19-6-8-20(9-7-19)24-12-2-1-3-13-24)18-4-10-21(11-5-18)30(27,28)25-14-16-29-17-15-25/h4-11H,1-3,12-17H2,(H,23,26). The normalized spacial score (nSPS) is 18.2. The van der Waals surface area contributed by atoms with E-state index in [2.05, 4.69) is 10.2 Å². The maximum Gasteiger partial charge on any atom is 0.255 e. The van der Waals surface area contributed by atoms with Crippen LogP contribution in [0.25, 0.3) is 0 Å². The summed E-state index contributed by atoms with van der Waals surface area (Å²) in [5, 5.41) is 2.88. The van der Waals surface area contributed by atoms with Gasteiger partial charge in [-0.15, -0.1) is 0 Å². The highest BCUT2D eigenvalue weighted by molar-refractivity contribution is 7.89. The van der Waals surface area contributed by atoms with E-state index in [4.69, 9.17) is 4.74 Å². The zero-order chi connectivity index (χ0) is 21.0. The van der Waals surface area contributed by atoms with Crippen LogP contribution in [0.1, 0.15) is 29.6 Å². The molecule has 4 rings (SSSR count). The van der Waals surface area contributed by atoms with Gasteiger partial charge in [0.05, 0.1) is 18.1 Å². The zero-order valence-electron chi connectivity index (χ0n) is 16.9. The molecule has 0 spiro atoms. The summed E-state index contributed by atoms with van der Waals surface area (Å²) < 4.78 is 32.0. The van der Waals surface area contributed by atoms with Crippen LogP contribution in [0.3, 0.4) is 0 Å². The van der Waals surface area contributed by atoms with E-state index in [1.807, 2.05) is 24.3 Å². The molecule has 2 aromatic carbocycles. The molecule has 7 nitrogen and oxygen atoms in total. The molecule has 2 aromatic rings. The minimum absolute atomic E-state index is 0.187. The van der Waals surface area contributed by atoms with Gasteiger partial charge in [-0.3, -0.25) is 4.79 Å². The number of hydrogen-bond acceptors (Lipinski definition) is 5. The number of carbonyl (C=O) groups is 1. The van der Waals surface area contributed by atoms with E-state index in [1.165, 1.54) is 41.4 Å². The Kier molecular flexibility index (Phi) is 6.36. The van der Waals surface area contributed by atoms with Crippen molar-refractivity contribution in [2.45, 2.75) is 24.2 Å². The van der Waals surface area contributed by atoms with E-state index in [-0.39, 0.29) is 10.8 Å². The predicted octanol–water partition coefficient (Wildman–Crippen LogP) is 2.95. The molecule has 2 aliphatic heterocycles. The predicted molar refractivity (Wildman–Crippen MR) is 116 cm³/mol. The average Bonchev–Trinajstić information content (AvgIpc) is 2.81. The van der Waals surface area contributed by atoms with Gasteiger partial charge in [0.1, 0.15) is 0 Å². The van der Waals surface area contributed by atoms with Crippen molar-refractivity contribution in [1.82, 2.24) is 4.31 Å². The van der Waals surface area contributed by atoms with E-state index in [0.29, 0.717) is 37.6 Å². The van der Waals surface area contributed by atoms with Gasteiger partial charge in [-0.2, -0.15) is 4.31 Å². The number of carbonyl (C=O) groups excluding carboxylic acids is 1. The number of benzene rings is 2. The van der Waals surface area contributed by atoms with E-state index < -0.39 is 10.0 Å². The molecule has 2 saturated heterocycles. The number of amides is 1. The zero-order valence-corrected chi connectivity index (χ0v) is 17.7. The van der Waals surface area contributed by atoms with Crippen molar-refractivity contribution in [3.63, 3.8) is 0 Å². The fourth-order valence-electron chi connectivity index (χ4n) is 3.83. The molecule has 160 valence electrons. The van der Waals surface area contributed by atoms with Crippen LogP contribution in [0.4, 0.5) is 11.4 Å². The molecule has 1 amide bonds. The molecule has 2 heterocycles. The third-order valence-electron chi connectivity index (χ3n) is 5.57. The Bertz CT molecular complexity index is 962. The maximum atomic E-state index is 12.7. The second kappa shape index (κ2) is 9.16. The molecule has 0 atom stereocenters. The SMILES string of the molecule is O=C(Nc1ccc(N2CCCCC2)cc1)c1ccc(S(=O)(=O)N2CCOCC2)cc1. The second-order valence-electron chi connectivity index (χ2n) is 7.59. The highest BCUT2D eigenvalue weighted by atomic mass is 32.2. The number of piperidine rings is 1. The first kappa shape index (κ1) is 20.8. The lowest BCUT2D eigenvalue weighted by molar-refractivity contribution is 0.0730. The number of sulfonamides is 1. The molecule has 0 aliphatic carbocycles. The smallest absolute Gasteiger partial charge is 0.255 e. The van der Waals surface area contributed by atoms with Crippen molar-refractivity contribution in [1.29, 1.82) is 0 Å². The van der Waals surface area contributed by atoms with Crippen molar-refractivity contribution in [2.75, 3.05) is 49.6 Å². The van der Waals surface area contributed by atoms with Crippen molar-refractivity contribution >= 4 is 27.3 Å². The first-order chi connectivity index (χ1) is 14.5. The average molecular weight is 430 g/mol. The molecular weight excluding hydrogens is 402 g/mol. The fraction of sp³-hybridized carbons (Fsp3) is 0.409. The van der Waals surface area contributed by atoms with Gasteiger partial charge >= 0.3 is 0 Å². The number of nitrogens with one attached hydrogen (secondary N) is 1. The second-order valence-corrected chi connectivity index (χ2v) is 9.53. The van der Waals surface area contributed by atoms with Crippen LogP contribution in [0, 0.1) is 0 Å². The van der Waals surface area contributed by atoms with Crippen LogP contribution >= 0.6 is 0 Å². The summed E-state index contributed by atoms with van der Waals surface area (Å²) in [6.07, 6.45) is 3.72. The highest BCUT2D eigenvalue weighted by Crippen LogP contribution is 2.23. The van der Waals surface area contributed by atoms with Crippen LogP contribution in [0.2, 0.25) is 0 Å². The number of anilines is 2. The number of ether oxygens (including phenoxy) is 1. The van der Waals surface area contributed by atoms with Crippen LogP contribution in [0.5, 0.6) is 0 Å². The lowest BCUT2D eigenvalue weighted by Gasteiger charge is -2.28. The Labute approximate surface area is 177 Å². The first-order valence-electron chi connectivity index (χ1n) is 10.4. The summed E-state index contributed by atoms with van der Waals surface area (Å²) >= 11 is 0. The molecule has 0 bridgehead atoms. The summed E-state index contributed by atoms with van der Waals surface area (Å²) in [7, 11) is -3.56. The molecule has 0 aromatic heterocycles. The van der Waals surface area contributed by atoms with Gasteiger partial charge < -0.3 is 15.0 Å². The van der Waals surface area contributed by atoms with Gasteiger partial charge in [0, 0.05) is 43.1 Å². The lowest BCUT2D eigenvalue weighted by atomic mass is 10.1. The highest BCUT2D eigenvalue weighted by Gasteiger charge is 2.26. The van der Waals surface area contributed by atoms with Gasteiger partial charge in [-0.05, 0) is 67.8 Å². The summed E-state index contributed by atoms with van der Waals surface area (Å²) in [4.78, 5) is 15.1. The Balaban J connectivity index is 1.40. The molecule has 1 N–H and O–H groups in total. The Morgan fingerprint density at radius 2 is 1.47 bits per heavy atom. The number of nitrogens with zero attached hydrogens (tertiary/aromatic N) is 2. The molecule has 2 aliphatic rings. The maximum absolute atomic E-state index is 12.7. The van der Waals surface area contributed by atoms with E-state index in [0.717, 1.165) is 13.1 Å². The van der Waals surface area contributed by atoms with Crippen LogP contribution in [0.15, 0.2) is 53.4 Å². The van der Waals surface area contributed by atoms with Gasteiger partial charge in [0.2, 0.25) is 10.0 Å². The van der Waals surface area contributed by atoms with Crippen LogP contribution < -0.4 is 10.2 Å². The Hall–Kier alpha value is -2.42. The summed E-state index contributed by atoms with van der Waals surface area (Å²) in [5.74, 6) is -0.268. The third kappa shape index (κ3) is 4.66. The van der Waals surface area contributed by atoms with Crippen molar-refractivity contribution in [2.24, 2.45) is 0 Å². The first-order valence-corrected chi connectivity index (χ1v) is 11.8. The Morgan fingerprint density at radius 1 is 0.833 bits per heavy atom. The van der Waals surface area contributed by atoms with Gasteiger partial charge in [0.15, 0.2) is 0 Å². The molecule has 30 heavy (non-hydrogen) atoms. The number of morpholine rings is 1. The monoisotopic (exact) mass is 429 g/mol. The third-order valence-corrected chi connectivity index (χ3v) is 7.48. The molecule has 8 heteroatoms. The van der Waals surface area contributed by atoms with E-state index >= 15 is 0 Å². The van der Waals surface area contributed by atoms with Crippen LogP contribution in [-0.4, -0.2) is 58.0 Å². The van der Waals surface area contributed by atoms with Crippen molar-refractivity contribution < 1.29 is 17.9 Å². The minimum Gasteiger partial charge on any atom is -0.379 e. The quantitative estimate of drug-likeness (QED) is 0.791. The fourth-order valence-corrected chi connectivity index (χ4v) is 5.23. The van der Waals surface area contributed by atoms with Gasteiger partial charge in [-0.25, -0.2) is 8.42 Å². The minimum atomic E-state index is -3.56. The number of rotatable bonds is 5. The Morgan fingerprint density at radius 3 is 2.10 bits per heavy atom.